The zero-order valence-corrected chi connectivity index (χ0v) is 18.4. The fourth-order valence-electron chi connectivity index (χ4n) is 4.10. The van der Waals surface area contributed by atoms with Gasteiger partial charge in [0, 0.05) is 44.1 Å². The summed E-state index contributed by atoms with van der Waals surface area (Å²) in [5, 5.41) is 11.1. The molecule has 1 N–H and O–H groups in total. The lowest BCUT2D eigenvalue weighted by Gasteiger charge is -2.30. The number of benzene rings is 1. The minimum atomic E-state index is -0.691. The number of likely N-dealkylation sites (tertiary alicyclic amines) is 1. The SMILES string of the molecule is C=CCOc1ccc(/C(O)=C2\C(=O)C(=O)N(CCN3CCOCC3)[C@H]2c2ccncc2)cc1. The van der Waals surface area contributed by atoms with Crippen LogP contribution in [0.2, 0.25) is 0 Å². The summed E-state index contributed by atoms with van der Waals surface area (Å²) in [4.78, 5) is 33.9. The molecular weight excluding hydrogens is 422 g/mol. The maximum atomic E-state index is 13.1. The third kappa shape index (κ3) is 4.97. The van der Waals surface area contributed by atoms with Gasteiger partial charge < -0.3 is 19.5 Å². The van der Waals surface area contributed by atoms with Crippen LogP contribution in [-0.2, 0) is 14.3 Å². The number of hydrogen-bond acceptors (Lipinski definition) is 7. The lowest BCUT2D eigenvalue weighted by molar-refractivity contribution is -0.140. The number of amides is 1. The van der Waals surface area contributed by atoms with E-state index < -0.39 is 17.7 Å². The van der Waals surface area contributed by atoms with Gasteiger partial charge in [-0.3, -0.25) is 19.5 Å². The van der Waals surface area contributed by atoms with Crippen molar-refractivity contribution in [1.29, 1.82) is 0 Å². The molecule has 2 aromatic rings. The number of pyridine rings is 1. The van der Waals surface area contributed by atoms with Gasteiger partial charge in [-0.1, -0.05) is 12.7 Å². The van der Waals surface area contributed by atoms with Gasteiger partial charge in [0.15, 0.2) is 0 Å². The van der Waals surface area contributed by atoms with Gasteiger partial charge in [0.05, 0.1) is 24.8 Å². The van der Waals surface area contributed by atoms with Crippen LogP contribution in [0.1, 0.15) is 17.2 Å². The summed E-state index contributed by atoms with van der Waals surface area (Å²) in [6.45, 7) is 7.83. The van der Waals surface area contributed by atoms with Crippen LogP contribution in [0, 0.1) is 0 Å². The molecule has 0 unspecified atom stereocenters. The largest absolute Gasteiger partial charge is 0.507 e. The van der Waals surface area contributed by atoms with Crippen molar-refractivity contribution in [3.05, 3.63) is 78.1 Å². The number of hydrogen-bond donors (Lipinski definition) is 1. The maximum Gasteiger partial charge on any atom is 0.295 e. The highest BCUT2D eigenvalue weighted by Gasteiger charge is 2.46. The number of Topliss-reactive ketones (excluding diaryl/α,β-unsaturated/α-hetero) is 1. The minimum absolute atomic E-state index is 0.0768. The third-order valence-electron chi connectivity index (χ3n) is 5.82. The van der Waals surface area contributed by atoms with Crippen LogP contribution in [0.3, 0.4) is 0 Å². The molecule has 1 atom stereocenters. The molecule has 0 bridgehead atoms. The number of rotatable bonds is 8. The molecule has 2 aliphatic rings. The number of aliphatic hydroxyl groups excluding tert-OH is 1. The molecule has 2 fully saturated rings. The number of morpholine rings is 1. The first-order chi connectivity index (χ1) is 16.1. The molecule has 4 rings (SSSR count). The highest BCUT2D eigenvalue weighted by atomic mass is 16.5. The predicted octanol–water partition coefficient (Wildman–Crippen LogP) is 2.40. The van der Waals surface area contributed by atoms with Crippen LogP contribution in [0.25, 0.3) is 5.76 Å². The van der Waals surface area contributed by atoms with Gasteiger partial charge in [-0.05, 0) is 42.0 Å². The van der Waals surface area contributed by atoms with E-state index in [2.05, 4.69) is 16.5 Å². The fourth-order valence-corrected chi connectivity index (χ4v) is 4.10. The van der Waals surface area contributed by atoms with Crippen LogP contribution in [0.4, 0.5) is 0 Å². The summed E-state index contributed by atoms with van der Waals surface area (Å²) in [7, 11) is 0. The molecule has 172 valence electrons. The van der Waals surface area contributed by atoms with Gasteiger partial charge in [0.25, 0.3) is 11.7 Å². The van der Waals surface area contributed by atoms with E-state index in [1.807, 2.05) is 0 Å². The normalized spacial score (nSPS) is 20.7. The molecule has 0 aliphatic carbocycles. The van der Waals surface area contributed by atoms with Crippen LogP contribution >= 0.6 is 0 Å². The summed E-state index contributed by atoms with van der Waals surface area (Å²) in [5.41, 5.74) is 1.23. The van der Waals surface area contributed by atoms with Crippen molar-refractivity contribution in [3.63, 3.8) is 0 Å². The summed E-state index contributed by atoms with van der Waals surface area (Å²) in [6, 6.07) is 9.57. The van der Waals surface area contributed by atoms with Gasteiger partial charge in [0.2, 0.25) is 0 Å². The van der Waals surface area contributed by atoms with E-state index in [0.29, 0.717) is 44.2 Å². The Bertz CT molecular complexity index is 1030. The first kappa shape index (κ1) is 22.7. The average Bonchev–Trinajstić information content (AvgIpc) is 3.12. The third-order valence-corrected chi connectivity index (χ3v) is 5.82. The summed E-state index contributed by atoms with van der Waals surface area (Å²) in [6.07, 6.45) is 4.87. The van der Waals surface area contributed by atoms with E-state index in [0.717, 1.165) is 18.7 Å². The standard InChI is InChI=1S/C25H27N3O5/c1-2-15-33-20-5-3-19(4-6-20)23(29)21-22(18-7-9-26-10-8-18)28(25(31)24(21)30)12-11-27-13-16-32-17-14-27/h2-10,22,29H,1,11-17H2/b23-21+/t22-/m0/s1. The Labute approximate surface area is 192 Å². The van der Waals surface area contributed by atoms with Crippen molar-refractivity contribution < 1.29 is 24.2 Å². The van der Waals surface area contributed by atoms with Gasteiger partial charge in [-0.2, -0.15) is 0 Å². The molecule has 1 aromatic heterocycles. The Hall–Kier alpha value is -3.49. The van der Waals surface area contributed by atoms with Crippen molar-refractivity contribution >= 4 is 17.4 Å². The Morgan fingerprint density at radius 3 is 2.48 bits per heavy atom. The van der Waals surface area contributed by atoms with Crippen LogP contribution < -0.4 is 4.74 Å². The molecule has 1 aromatic carbocycles. The van der Waals surface area contributed by atoms with Gasteiger partial charge in [0.1, 0.15) is 18.1 Å². The molecule has 0 radical (unpaired) electrons. The first-order valence-corrected chi connectivity index (χ1v) is 10.9. The Kier molecular flexibility index (Phi) is 7.16. The quantitative estimate of drug-likeness (QED) is 0.286. The molecule has 2 aliphatic heterocycles. The highest BCUT2D eigenvalue weighted by molar-refractivity contribution is 6.46. The molecule has 1 amide bonds. The van der Waals surface area contributed by atoms with E-state index in [1.165, 1.54) is 0 Å². The number of ether oxygens (including phenoxy) is 2. The molecule has 2 saturated heterocycles. The second kappa shape index (κ2) is 10.4. The fraction of sp³-hybridized carbons (Fsp3) is 0.320. The Morgan fingerprint density at radius 1 is 1.12 bits per heavy atom. The van der Waals surface area contributed by atoms with Gasteiger partial charge >= 0.3 is 0 Å². The number of carbonyl (C=O) groups is 2. The molecule has 0 saturated carbocycles. The van der Waals surface area contributed by atoms with Gasteiger partial charge in [-0.15, -0.1) is 0 Å². The number of carbonyl (C=O) groups excluding carboxylic acids is 2. The van der Waals surface area contributed by atoms with Crippen molar-refractivity contribution in [2.45, 2.75) is 6.04 Å². The first-order valence-electron chi connectivity index (χ1n) is 10.9. The van der Waals surface area contributed by atoms with E-state index in [9.17, 15) is 14.7 Å². The minimum Gasteiger partial charge on any atom is -0.507 e. The van der Waals surface area contributed by atoms with Gasteiger partial charge in [-0.25, -0.2) is 0 Å². The van der Waals surface area contributed by atoms with Crippen LogP contribution in [0.5, 0.6) is 5.75 Å². The molecular formula is C25H27N3O5. The molecule has 0 spiro atoms. The predicted molar refractivity (Wildman–Crippen MR) is 123 cm³/mol. The van der Waals surface area contributed by atoms with Crippen molar-refractivity contribution in [1.82, 2.24) is 14.8 Å². The Morgan fingerprint density at radius 2 is 1.82 bits per heavy atom. The number of aromatic nitrogens is 1. The lowest BCUT2D eigenvalue weighted by Crippen LogP contribution is -2.42. The van der Waals surface area contributed by atoms with E-state index in [1.54, 1.807) is 59.8 Å². The second-order valence-electron chi connectivity index (χ2n) is 7.85. The van der Waals surface area contributed by atoms with E-state index in [-0.39, 0.29) is 11.3 Å². The lowest BCUT2D eigenvalue weighted by atomic mass is 9.96. The average molecular weight is 450 g/mol. The smallest absolute Gasteiger partial charge is 0.295 e. The van der Waals surface area contributed by atoms with E-state index in [4.69, 9.17) is 9.47 Å². The summed E-state index contributed by atoms with van der Waals surface area (Å²) >= 11 is 0. The number of nitrogens with zero attached hydrogens (tertiary/aromatic N) is 3. The van der Waals surface area contributed by atoms with Crippen molar-refractivity contribution in [2.75, 3.05) is 46.0 Å². The summed E-state index contributed by atoms with van der Waals surface area (Å²) < 4.78 is 10.9. The molecule has 33 heavy (non-hydrogen) atoms. The molecule has 8 nitrogen and oxygen atoms in total. The number of aliphatic hydroxyl groups is 1. The van der Waals surface area contributed by atoms with Crippen LogP contribution in [-0.4, -0.2) is 77.6 Å². The maximum absolute atomic E-state index is 13.1. The summed E-state index contributed by atoms with van der Waals surface area (Å²) in [5.74, 6) is -0.900. The zero-order chi connectivity index (χ0) is 23.2. The van der Waals surface area contributed by atoms with Crippen molar-refractivity contribution in [2.24, 2.45) is 0 Å². The van der Waals surface area contributed by atoms with Crippen LogP contribution in [0.15, 0.2) is 67.0 Å². The monoisotopic (exact) mass is 449 g/mol. The second-order valence-corrected chi connectivity index (χ2v) is 7.85. The van der Waals surface area contributed by atoms with E-state index >= 15 is 0 Å². The highest BCUT2D eigenvalue weighted by Crippen LogP contribution is 2.39. The molecule has 3 heterocycles. The molecule has 8 heteroatoms. The Balaban J connectivity index is 1.66. The number of ketones is 1. The topological polar surface area (TPSA) is 92.2 Å². The zero-order valence-electron chi connectivity index (χ0n) is 18.4. The van der Waals surface area contributed by atoms with Crippen molar-refractivity contribution in [3.8, 4) is 5.75 Å².